The molecule has 0 unspecified atom stereocenters. The number of aromatic nitrogens is 2. The van der Waals surface area contributed by atoms with Crippen LogP contribution >= 0.6 is 0 Å². The number of rotatable bonds is 9. The number of alkyl halides is 3. The molecule has 1 N–H and O–H groups in total. The van der Waals surface area contributed by atoms with Crippen LogP contribution in [0.1, 0.15) is 41.1 Å². The molecule has 0 radical (unpaired) electrons. The van der Waals surface area contributed by atoms with Gasteiger partial charge in [0.25, 0.3) is 5.91 Å². The molecule has 0 saturated carbocycles. The molecule has 1 aliphatic rings. The van der Waals surface area contributed by atoms with Crippen LogP contribution in [0.4, 0.5) is 13.2 Å². The molecule has 14 heteroatoms. The number of ether oxygens (including phenoxy) is 2. The van der Waals surface area contributed by atoms with Gasteiger partial charge in [-0.2, -0.15) is 25.9 Å². The monoisotopic (exact) mass is 579 g/mol. The summed E-state index contributed by atoms with van der Waals surface area (Å²) >= 11 is 0. The highest BCUT2D eigenvalue weighted by Crippen LogP contribution is 2.39. The van der Waals surface area contributed by atoms with E-state index in [1.54, 1.807) is 43.5 Å². The second kappa shape index (κ2) is 12.2. The van der Waals surface area contributed by atoms with Gasteiger partial charge >= 0.3 is 16.4 Å². The zero-order valence-electron chi connectivity index (χ0n) is 21.8. The number of benzene rings is 1. The lowest BCUT2D eigenvalue weighted by Gasteiger charge is -2.31. The molecule has 0 spiro atoms. The molecule has 1 aromatic carbocycles. The first-order chi connectivity index (χ1) is 19.0. The van der Waals surface area contributed by atoms with Crippen molar-refractivity contribution in [2.75, 3.05) is 33.2 Å². The lowest BCUT2D eigenvalue weighted by molar-refractivity contribution is -0.139. The Balaban J connectivity index is 1.50. The van der Waals surface area contributed by atoms with Crippen LogP contribution < -0.4 is 14.2 Å². The molecule has 214 valence electrons. The second-order valence-electron chi connectivity index (χ2n) is 9.05. The molecule has 2 aromatic heterocycles. The number of pyridine rings is 2. The minimum atomic E-state index is -4.88. The third kappa shape index (κ3) is 7.25. The van der Waals surface area contributed by atoms with Crippen molar-refractivity contribution < 1.29 is 35.9 Å². The van der Waals surface area contributed by atoms with Gasteiger partial charge in [-0.15, -0.1) is 0 Å². The SMILES string of the molecule is CC[C@@H](Oc1ccc(C(=O)NS(=O)(=O)N2CCN(C)CC2)cc1C(F)(F)F)c1ccc(Oc2ccccn2)cn1. The van der Waals surface area contributed by atoms with Crippen molar-refractivity contribution in [1.82, 2.24) is 23.9 Å². The Bertz CT molecular complexity index is 1410. The molecule has 1 amide bonds. The number of carbonyl (C=O) groups is 1. The fourth-order valence-electron chi connectivity index (χ4n) is 3.94. The molecule has 1 aliphatic heterocycles. The predicted octanol–water partition coefficient (Wildman–Crippen LogP) is 4.04. The summed E-state index contributed by atoms with van der Waals surface area (Å²) in [6.45, 7) is 2.97. The van der Waals surface area contributed by atoms with Gasteiger partial charge in [0.05, 0.1) is 17.5 Å². The molecular weight excluding hydrogens is 551 g/mol. The van der Waals surface area contributed by atoms with E-state index in [9.17, 15) is 26.4 Å². The number of carbonyl (C=O) groups excluding carboxylic acids is 1. The number of halogens is 3. The maximum Gasteiger partial charge on any atom is 0.419 e. The standard InChI is InChI=1S/C26H28F3N5O5S/c1-3-22(21-9-8-19(17-31-21)38-24-6-4-5-11-30-24)39-23-10-7-18(16-20(23)26(27,28)29)25(35)32-40(36,37)34-14-12-33(2)13-15-34/h4-11,16-17,22H,3,12-15H2,1-2H3,(H,32,35)/t22-/m1/s1. The van der Waals surface area contributed by atoms with Crippen LogP contribution in [0.15, 0.2) is 60.9 Å². The average molecular weight is 580 g/mol. The lowest BCUT2D eigenvalue weighted by atomic mass is 10.1. The van der Waals surface area contributed by atoms with Gasteiger partial charge in [-0.3, -0.25) is 9.78 Å². The number of hydrogen-bond acceptors (Lipinski definition) is 8. The van der Waals surface area contributed by atoms with Crippen LogP contribution in [0, 0.1) is 0 Å². The number of likely N-dealkylation sites (N-methyl/N-ethyl adjacent to an activating group) is 1. The van der Waals surface area contributed by atoms with E-state index < -0.39 is 45.3 Å². The zero-order chi connectivity index (χ0) is 28.9. The lowest BCUT2D eigenvalue weighted by Crippen LogP contribution is -2.52. The summed E-state index contributed by atoms with van der Waals surface area (Å²) in [7, 11) is -2.39. The Kier molecular flexibility index (Phi) is 8.91. The van der Waals surface area contributed by atoms with Gasteiger partial charge in [0, 0.05) is 44.0 Å². The highest BCUT2D eigenvalue weighted by molar-refractivity contribution is 7.87. The number of nitrogens with one attached hydrogen (secondary N) is 1. The largest absolute Gasteiger partial charge is 0.484 e. The molecule has 0 aliphatic carbocycles. The van der Waals surface area contributed by atoms with Crippen LogP contribution in [-0.4, -0.2) is 66.7 Å². The van der Waals surface area contributed by atoms with Crippen molar-refractivity contribution in [3.05, 3.63) is 77.7 Å². The summed E-state index contributed by atoms with van der Waals surface area (Å²) in [5, 5.41) is 0. The van der Waals surface area contributed by atoms with Gasteiger partial charge < -0.3 is 14.4 Å². The van der Waals surface area contributed by atoms with E-state index in [0.717, 1.165) is 16.4 Å². The smallest absolute Gasteiger partial charge is 0.419 e. The van der Waals surface area contributed by atoms with E-state index in [1.807, 2.05) is 16.7 Å². The van der Waals surface area contributed by atoms with E-state index in [1.165, 1.54) is 6.20 Å². The minimum Gasteiger partial charge on any atom is -0.484 e. The Morgan fingerprint density at radius 3 is 2.42 bits per heavy atom. The highest BCUT2D eigenvalue weighted by atomic mass is 32.2. The fraction of sp³-hybridized carbons (Fsp3) is 0.346. The second-order valence-corrected chi connectivity index (χ2v) is 10.7. The first-order valence-corrected chi connectivity index (χ1v) is 13.8. The fourth-order valence-corrected chi connectivity index (χ4v) is 5.07. The van der Waals surface area contributed by atoms with Crippen molar-refractivity contribution in [1.29, 1.82) is 0 Å². The summed E-state index contributed by atoms with van der Waals surface area (Å²) in [6.07, 6.45) is -2.46. The minimum absolute atomic E-state index is 0.155. The van der Waals surface area contributed by atoms with Gasteiger partial charge in [-0.25, -0.2) is 9.71 Å². The van der Waals surface area contributed by atoms with E-state index in [4.69, 9.17) is 9.47 Å². The molecule has 3 heterocycles. The third-order valence-corrected chi connectivity index (χ3v) is 7.65. The van der Waals surface area contributed by atoms with Crippen LogP contribution in [0.5, 0.6) is 17.4 Å². The molecule has 1 atom stereocenters. The van der Waals surface area contributed by atoms with Gasteiger partial charge in [-0.05, 0) is 49.9 Å². The summed E-state index contributed by atoms with van der Waals surface area (Å²) in [5.41, 5.74) is -1.32. The topological polar surface area (TPSA) is 114 Å². The average Bonchev–Trinajstić information content (AvgIpc) is 2.92. The molecule has 0 bridgehead atoms. The molecule has 10 nitrogen and oxygen atoms in total. The van der Waals surface area contributed by atoms with Crippen molar-refractivity contribution >= 4 is 16.1 Å². The van der Waals surface area contributed by atoms with Crippen LogP contribution in [0.3, 0.4) is 0 Å². The number of hydrogen-bond donors (Lipinski definition) is 1. The van der Waals surface area contributed by atoms with Gasteiger partial charge in [0.2, 0.25) is 5.88 Å². The zero-order valence-corrected chi connectivity index (χ0v) is 22.6. The first-order valence-electron chi connectivity index (χ1n) is 12.4. The van der Waals surface area contributed by atoms with Crippen LogP contribution in [-0.2, 0) is 16.4 Å². The molecule has 40 heavy (non-hydrogen) atoms. The Hall–Kier alpha value is -3.75. The van der Waals surface area contributed by atoms with E-state index in [-0.39, 0.29) is 19.5 Å². The molecule has 3 aromatic rings. The highest BCUT2D eigenvalue weighted by Gasteiger charge is 2.36. The van der Waals surface area contributed by atoms with Gasteiger partial charge in [-0.1, -0.05) is 13.0 Å². The van der Waals surface area contributed by atoms with Crippen molar-refractivity contribution in [3.8, 4) is 17.4 Å². The summed E-state index contributed by atoms with van der Waals surface area (Å²) in [6, 6.07) is 11.0. The van der Waals surface area contributed by atoms with Crippen molar-refractivity contribution in [3.63, 3.8) is 0 Å². The molecular formula is C26H28F3N5O5S. The van der Waals surface area contributed by atoms with Crippen molar-refractivity contribution in [2.24, 2.45) is 0 Å². The van der Waals surface area contributed by atoms with E-state index in [2.05, 4.69) is 9.97 Å². The molecule has 1 saturated heterocycles. The predicted molar refractivity (Wildman–Crippen MR) is 139 cm³/mol. The quantitative estimate of drug-likeness (QED) is 0.404. The maximum absolute atomic E-state index is 14.0. The van der Waals surface area contributed by atoms with E-state index >= 15 is 0 Å². The summed E-state index contributed by atoms with van der Waals surface area (Å²) < 4.78 is 81.4. The normalized spacial score (nSPS) is 15.8. The van der Waals surface area contributed by atoms with Crippen LogP contribution in [0.2, 0.25) is 0 Å². The van der Waals surface area contributed by atoms with Crippen molar-refractivity contribution in [2.45, 2.75) is 25.6 Å². The summed E-state index contributed by atoms with van der Waals surface area (Å²) in [4.78, 5) is 22.9. The third-order valence-electron chi connectivity index (χ3n) is 6.16. The Labute approximate surface area is 229 Å². The van der Waals surface area contributed by atoms with Gasteiger partial charge in [0.15, 0.2) is 0 Å². The Morgan fingerprint density at radius 2 is 1.82 bits per heavy atom. The molecule has 4 rings (SSSR count). The first kappa shape index (κ1) is 29.2. The Morgan fingerprint density at radius 1 is 1.07 bits per heavy atom. The number of piperazine rings is 1. The van der Waals surface area contributed by atoms with E-state index in [0.29, 0.717) is 36.5 Å². The maximum atomic E-state index is 14.0. The number of amides is 1. The van der Waals surface area contributed by atoms with Gasteiger partial charge in [0.1, 0.15) is 17.6 Å². The summed E-state index contributed by atoms with van der Waals surface area (Å²) in [5.74, 6) is -0.951. The number of nitrogens with zero attached hydrogens (tertiary/aromatic N) is 4. The molecule has 1 fully saturated rings. The van der Waals surface area contributed by atoms with Crippen LogP contribution in [0.25, 0.3) is 0 Å².